The molecule has 0 aliphatic carbocycles. The van der Waals surface area contributed by atoms with Gasteiger partial charge < -0.3 is 10.6 Å². The van der Waals surface area contributed by atoms with E-state index in [9.17, 15) is 0 Å². The summed E-state index contributed by atoms with van der Waals surface area (Å²) in [6.07, 6.45) is 1.21. The van der Waals surface area contributed by atoms with Gasteiger partial charge in [-0.1, -0.05) is 13.8 Å². The van der Waals surface area contributed by atoms with Gasteiger partial charge in [0.2, 0.25) is 0 Å². The molecule has 0 fully saturated rings. The summed E-state index contributed by atoms with van der Waals surface area (Å²) in [5.41, 5.74) is 0.240. The molecular weight excluding hydrogens is 136 g/mol. The van der Waals surface area contributed by atoms with Crippen LogP contribution in [0.2, 0.25) is 0 Å². The van der Waals surface area contributed by atoms with Crippen molar-refractivity contribution in [2.45, 2.75) is 39.7 Å². The van der Waals surface area contributed by atoms with Crippen molar-refractivity contribution in [3.63, 3.8) is 0 Å². The van der Waals surface area contributed by atoms with Gasteiger partial charge in [0.05, 0.1) is 0 Å². The molecule has 0 bridgehead atoms. The monoisotopic (exact) mass is 158 g/mol. The molecule has 0 spiro atoms. The van der Waals surface area contributed by atoms with Gasteiger partial charge in [0, 0.05) is 12.1 Å². The van der Waals surface area contributed by atoms with Crippen LogP contribution in [-0.4, -0.2) is 25.2 Å². The number of hydrogen-bond acceptors (Lipinski definition) is 2. The Balaban J connectivity index is 3.38. The van der Waals surface area contributed by atoms with Crippen molar-refractivity contribution < 1.29 is 0 Å². The van der Waals surface area contributed by atoms with E-state index in [-0.39, 0.29) is 5.54 Å². The standard InChI is InChI=1S/C9H22N2/c1-5-7-10-8-9(3,4)11-6-2/h10-11H,5-8H2,1-4H3. The van der Waals surface area contributed by atoms with Gasteiger partial charge in [0.25, 0.3) is 0 Å². The maximum absolute atomic E-state index is 3.42. The Kier molecular flexibility index (Phi) is 5.51. The maximum Gasteiger partial charge on any atom is 0.0249 e. The Morgan fingerprint density at radius 1 is 1.18 bits per heavy atom. The molecule has 0 saturated carbocycles. The van der Waals surface area contributed by atoms with Gasteiger partial charge in [0.15, 0.2) is 0 Å². The summed E-state index contributed by atoms with van der Waals surface area (Å²) in [4.78, 5) is 0. The number of hydrogen-bond donors (Lipinski definition) is 2. The van der Waals surface area contributed by atoms with Crippen LogP contribution < -0.4 is 10.6 Å². The summed E-state index contributed by atoms with van der Waals surface area (Å²) in [6, 6.07) is 0. The molecule has 0 aromatic heterocycles. The zero-order valence-electron chi connectivity index (χ0n) is 8.33. The van der Waals surface area contributed by atoms with Crippen molar-refractivity contribution in [3.05, 3.63) is 0 Å². The Labute approximate surface area is 70.8 Å². The predicted octanol–water partition coefficient (Wildman–Crippen LogP) is 1.37. The molecule has 0 unspecified atom stereocenters. The highest BCUT2D eigenvalue weighted by atomic mass is 15.0. The van der Waals surface area contributed by atoms with Gasteiger partial charge in [0.1, 0.15) is 0 Å². The van der Waals surface area contributed by atoms with E-state index in [0.29, 0.717) is 0 Å². The predicted molar refractivity (Wildman–Crippen MR) is 50.9 cm³/mol. The lowest BCUT2D eigenvalue weighted by Gasteiger charge is -2.25. The third-order valence-electron chi connectivity index (χ3n) is 1.65. The summed E-state index contributed by atoms with van der Waals surface area (Å²) in [6.45, 7) is 12.0. The van der Waals surface area contributed by atoms with Crippen LogP contribution in [0.3, 0.4) is 0 Å². The first-order valence-corrected chi connectivity index (χ1v) is 4.58. The minimum atomic E-state index is 0.240. The van der Waals surface area contributed by atoms with E-state index in [4.69, 9.17) is 0 Å². The smallest absolute Gasteiger partial charge is 0.0249 e. The summed E-state index contributed by atoms with van der Waals surface area (Å²) in [5.74, 6) is 0. The van der Waals surface area contributed by atoms with Crippen LogP contribution in [0, 0.1) is 0 Å². The second kappa shape index (κ2) is 5.56. The first-order chi connectivity index (χ1) is 5.12. The third-order valence-corrected chi connectivity index (χ3v) is 1.65. The van der Waals surface area contributed by atoms with Crippen LogP contribution in [0.25, 0.3) is 0 Å². The zero-order valence-corrected chi connectivity index (χ0v) is 8.33. The van der Waals surface area contributed by atoms with Crippen molar-refractivity contribution >= 4 is 0 Å². The van der Waals surface area contributed by atoms with Crippen LogP contribution in [0.15, 0.2) is 0 Å². The van der Waals surface area contributed by atoms with Crippen LogP contribution in [-0.2, 0) is 0 Å². The summed E-state index contributed by atoms with van der Waals surface area (Å²) in [7, 11) is 0. The Morgan fingerprint density at radius 3 is 2.27 bits per heavy atom. The molecule has 2 N–H and O–H groups in total. The lowest BCUT2D eigenvalue weighted by Crippen LogP contribution is -2.47. The van der Waals surface area contributed by atoms with Crippen molar-refractivity contribution in [1.29, 1.82) is 0 Å². The Morgan fingerprint density at radius 2 is 1.82 bits per heavy atom. The lowest BCUT2D eigenvalue weighted by molar-refractivity contribution is 0.374. The van der Waals surface area contributed by atoms with E-state index in [0.717, 1.165) is 19.6 Å². The molecule has 0 aliphatic rings. The van der Waals surface area contributed by atoms with E-state index in [2.05, 4.69) is 38.3 Å². The molecule has 0 saturated heterocycles. The SMILES string of the molecule is CCCNCC(C)(C)NCC. The quantitative estimate of drug-likeness (QED) is 0.571. The Hall–Kier alpha value is -0.0800. The summed E-state index contributed by atoms with van der Waals surface area (Å²) >= 11 is 0. The molecule has 0 aliphatic heterocycles. The molecule has 0 radical (unpaired) electrons. The van der Waals surface area contributed by atoms with Crippen LogP contribution in [0.1, 0.15) is 34.1 Å². The number of nitrogens with one attached hydrogen (secondary N) is 2. The van der Waals surface area contributed by atoms with Gasteiger partial charge in [-0.3, -0.25) is 0 Å². The number of likely N-dealkylation sites (N-methyl/N-ethyl adjacent to an activating group) is 1. The van der Waals surface area contributed by atoms with E-state index in [1.807, 2.05) is 0 Å². The first-order valence-electron chi connectivity index (χ1n) is 4.58. The minimum Gasteiger partial charge on any atom is -0.315 e. The average Bonchev–Trinajstić information content (AvgIpc) is 1.87. The molecule has 2 nitrogen and oxygen atoms in total. The normalized spacial score (nSPS) is 12.0. The van der Waals surface area contributed by atoms with Gasteiger partial charge in [-0.2, -0.15) is 0 Å². The summed E-state index contributed by atoms with van der Waals surface area (Å²) in [5, 5.41) is 6.82. The second-order valence-electron chi connectivity index (χ2n) is 3.59. The fourth-order valence-electron chi connectivity index (χ4n) is 1.12. The first kappa shape index (κ1) is 10.9. The molecule has 11 heavy (non-hydrogen) atoms. The summed E-state index contributed by atoms with van der Waals surface area (Å²) < 4.78 is 0. The van der Waals surface area contributed by atoms with E-state index < -0.39 is 0 Å². The second-order valence-corrected chi connectivity index (χ2v) is 3.59. The molecule has 0 rings (SSSR count). The van der Waals surface area contributed by atoms with E-state index in [1.54, 1.807) is 0 Å². The fraction of sp³-hybridized carbons (Fsp3) is 1.00. The van der Waals surface area contributed by atoms with Crippen molar-refractivity contribution in [2.24, 2.45) is 0 Å². The highest BCUT2D eigenvalue weighted by Gasteiger charge is 2.13. The highest BCUT2D eigenvalue weighted by Crippen LogP contribution is 1.98. The fourth-order valence-corrected chi connectivity index (χ4v) is 1.12. The van der Waals surface area contributed by atoms with Gasteiger partial charge in [-0.05, 0) is 33.4 Å². The third kappa shape index (κ3) is 6.32. The minimum absolute atomic E-state index is 0.240. The molecule has 0 aromatic rings. The number of rotatable bonds is 6. The molecule has 68 valence electrons. The van der Waals surface area contributed by atoms with Crippen molar-refractivity contribution in [1.82, 2.24) is 10.6 Å². The zero-order chi connectivity index (χ0) is 8.74. The van der Waals surface area contributed by atoms with Gasteiger partial charge in [-0.25, -0.2) is 0 Å². The molecule has 2 heteroatoms. The average molecular weight is 158 g/mol. The van der Waals surface area contributed by atoms with E-state index in [1.165, 1.54) is 6.42 Å². The van der Waals surface area contributed by atoms with Crippen LogP contribution >= 0.6 is 0 Å². The molecule has 0 heterocycles. The van der Waals surface area contributed by atoms with Crippen LogP contribution in [0.5, 0.6) is 0 Å². The molecular formula is C9H22N2. The largest absolute Gasteiger partial charge is 0.315 e. The molecule has 0 atom stereocenters. The molecule has 0 amide bonds. The van der Waals surface area contributed by atoms with Gasteiger partial charge in [-0.15, -0.1) is 0 Å². The maximum atomic E-state index is 3.42. The lowest BCUT2D eigenvalue weighted by atomic mass is 10.1. The Bertz CT molecular complexity index is 89.6. The molecule has 0 aromatic carbocycles. The van der Waals surface area contributed by atoms with Crippen molar-refractivity contribution in [3.8, 4) is 0 Å². The van der Waals surface area contributed by atoms with Crippen molar-refractivity contribution in [2.75, 3.05) is 19.6 Å². The highest BCUT2D eigenvalue weighted by molar-refractivity contribution is 4.78. The topological polar surface area (TPSA) is 24.1 Å². The van der Waals surface area contributed by atoms with E-state index >= 15 is 0 Å². The van der Waals surface area contributed by atoms with Gasteiger partial charge >= 0.3 is 0 Å². The van der Waals surface area contributed by atoms with Crippen LogP contribution in [0.4, 0.5) is 0 Å².